The largest absolute Gasteiger partial charge is 0.335 e. The number of rotatable bonds is 8. The molecule has 0 aromatic carbocycles. The maximum atomic E-state index is 11.8. The molecule has 0 aliphatic heterocycles. The molecule has 2 rings (SSSR count). The molecule has 1 N–H and O–H groups in total. The molecule has 17 heavy (non-hydrogen) atoms. The zero-order chi connectivity index (χ0) is 12.1. The highest BCUT2D eigenvalue weighted by Gasteiger charge is 2.20. The van der Waals surface area contributed by atoms with Crippen molar-refractivity contribution >= 4 is 5.78 Å². The number of carbonyl (C=O) groups excluding carboxylic acids is 1. The molecule has 1 aromatic heterocycles. The number of imidazole rings is 1. The quantitative estimate of drug-likeness (QED) is 0.741. The molecule has 4 nitrogen and oxygen atoms in total. The smallest absolute Gasteiger partial charge is 0.154 e. The van der Waals surface area contributed by atoms with Gasteiger partial charge in [-0.3, -0.25) is 4.79 Å². The predicted molar refractivity (Wildman–Crippen MR) is 66.8 cm³/mol. The van der Waals surface area contributed by atoms with E-state index in [0.717, 1.165) is 31.3 Å². The molecule has 0 spiro atoms. The maximum absolute atomic E-state index is 11.8. The van der Waals surface area contributed by atoms with Gasteiger partial charge in [0.1, 0.15) is 5.82 Å². The van der Waals surface area contributed by atoms with Crippen molar-refractivity contribution in [2.75, 3.05) is 13.1 Å². The number of aromatic nitrogens is 2. The first-order valence-corrected chi connectivity index (χ1v) is 6.52. The van der Waals surface area contributed by atoms with Crippen molar-refractivity contribution in [3.05, 3.63) is 18.2 Å². The molecular formula is C13H21N3O. The summed E-state index contributed by atoms with van der Waals surface area (Å²) >= 11 is 0. The number of ketones is 1. The van der Waals surface area contributed by atoms with E-state index < -0.39 is 0 Å². The van der Waals surface area contributed by atoms with Gasteiger partial charge >= 0.3 is 0 Å². The number of carbonyl (C=O) groups is 1. The monoisotopic (exact) mass is 235 g/mol. The van der Waals surface area contributed by atoms with E-state index in [9.17, 15) is 4.79 Å². The summed E-state index contributed by atoms with van der Waals surface area (Å²) in [6, 6.07) is 0. The van der Waals surface area contributed by atoms with Crippen molar-refractivity contribution in [3.63, 3.8) is 0 Å². The Bertz CT molecular complexity index is 368. The topological polar surface area (TPSA) is 46.9 Å². The highest BCUT2D eigenvalue weighted by molar-refractivity contribution is 5.82. The molecule has 1 aliphatic carbocycles. The fraction of sp³-hybridized carbons (Fsp3) is 0.692. The van der Waals surface area contributed by atoms with Crippen LogP contribution in [-0.4, -0.2) is 28.4 Å². The van der Waals surface area contributed by atoms with Gasteiger partial charge in [-0.1, -0.05) is 6.92 Å². The average molecular weight is 235 g/mol. The summed E-state index contributed by atoms with van der Waals surface area (Å²) in [6.07, 6.45) is 7.88. The standard InChI is InChI=1S/C13H21N3O/c1-2-6-16-7-5-15-13(16)8-12(17)10-14-9-11-3-4-11/h5,7,11,14H,2-4,6,8-10H2,1H3. The second-order valence-corrected chi connectivity index (χ2v) is 4.83. The van der Waals surface area contributed by atoms with E-state index in [1.165, 1.54) is 12.8 Å². The Kier molecular flexibility index (Phi) is 4.31. The molecule has 1 heterocycles. The van der Waals surface area contributed by atoms with Crippen LogP contribution in [-0.2, 0) is 17.8 Å². The molecule has 1 saturated carbocycles. The normalized spacial score (nSPS) is 15.1. The molecule has 1 aromatic rings. The molecule has 0 radical (unpaired) electrons. The SMILES string of the molecule is CCCn1ccnc1CC(=O)CNCC1CC1. The number of hydrogen-bond acceptors (Lipinski definition) is 3. The zero-order valence-corrected chi connectivity index (χ0v) is 10.5. The third-order valence-electron chi connectivity index (χ3n) is 3.07. The van der Waals surface area contributed by atoms with Gasteiger partial charge in [-0.15, -0.1) is 0 Å². The minimum absolute atomic E-state index is 0.231. The van der Waals surface area contributed by atoms with E-state index in [1.54, 1.807) is 6.20 Å². The third-order valence-corrected chi connectivity index (χ3v) is 3.07. The van der Waals surface area contributed by atoms with Gasteiger partial charge in [-0.2, -0.15) is 0 Å². The second kappa shape index (κ2) is 5.96. The summed E-state index contributed by atoms with van der Waals surface area (Å²) in [7, 11) is 0. The van der Waals surface area contributed by atoms with Gasteiger partial charge in [0.05, 0.1) is 13.0 Å². The highest BCUT2D eigenvalue weighted by atomic mass is 16.1. The van der Waals surface area contributed by atoms with Crippen LogP contribution in [0.1, 0.15) is 32.0 Å². The van der Waals surface area contributed by atoms with E-state index in [1.807, 2.05) is 6.20 Å². The number of nitrogens with one attached hydrogen (secondary N) is 1. The molecule has 0 saturated heterocycles. The summed E-state index contributed by atoms with van der Waals surface area (Å²) in [5.74, 6) is 1.95. The Morgan fingerprint density at radius 3 is 3.12 bits per heavy atom. The van der Waals surface area contributed by atoms with Crippen LogP contribution in [0.5, 0.6) is 0 Å². The van der Waals surface area contributed by atoms with E-state index in [2.05, 4.69) is 21.8 Å². The zero-order valence-electron chi connectivity index (χ0n) is 10.5. The Balaban J connectivity index is 1.73. The maximum Gasteiger partial charge on any atom is 0.154 e. The van der Waals surface area contributed by atoms with E-state index in [4.69, 9.17) is 0 Å². The minimum atomic E-state index is 0.231. The van der Waals surface area contributed by atoms with Crippen LogP contribution in [0.3, 0.4) is 0 Å². The summed E-state index contributed by atoms with van der Waals surface area (Å²) in [4.78, 5) is 16.0. The Morgan fingerprint density at radius 2 is 2.41 bits per heavy atom. The van der Waals surface area contributed by atoms with Crippen molar-refractivity contribution in [1.29, 1.82) is 0 Å². The third kappa shape index (κ3) is 3.97. The lowest BCUT2D eigenvalue weighted by atomic mass is 10.2. The Labute approximate surface area is 102 Å². The summed E-state index contributed by atoms with van der Waals surface area (Å²) in [6.45, 7) is 4.55. The first-order chi connectivity index (χ1) is 8.29. The van der Waals surface area contributed by atoms with Crippen LogP contribution >= 0.6 is 0 Å². The van der Waals surface area contributed by atoms with Crippen LogP contribution in [0.4, 0.5) is 0 Å². The first-order valence-electron chi connectivity index (χ1n) is 6.52. The molecule has 1 aliphatic rings. The van der Waals surface area contributed by atoms with Gasteiger partial charge in [0, 0.05) is 18.9 Å². The van der Waals surface area contributed by atoms with Gasteiger partial charge in [0.15, 0.2) is 5.78 Å². The molecule has 0 amide bonds. The van der Waals surface area contributed by atoms with E-state index >= 15 is 0 Å². The summed E-state index contributed by atoms with van der Waals surface area (Å²) in [5.41, 5.74) is 0. The van der Waals surface area contributed by atoms with Gasteiger partial charge in [0.25, 0.3) is 0 Å². The molecule has 0 bridgehead atoms. The average Bonchev–Trinajstić information content (AvgIpc) is 3.02. The Hall–Kier alpha value is -1.16. The lowest BCUT2D eigenvalue weighted by Gasteiger charge is -2.06. The second-order valence-electron chi connectivity index (χ2n) is 4.83. The van der Waals surface area contributed by atoms with Gasteiger partial charge in [-0.25, -0.2) is 4.98 Å². The molecule has 0 atom stereocenters. The van der Waals surface area contributed by atoms with Gasteiger partial charge in [0.2, 0.25) is 0 Å². The van der Waals surface area contributed by atoms with Crippen molar-refractivity contribution < 1.29 is 4.79 Å². The first kappa shape index (κ1) is 12.3. The van der Waals surface area contributed by atoms with Gasteiger partial charge < -0.3 is 9.88 Å². The summed E-state index contributed by atoms with van der Waals surface area (Å²) < 4.78 is 2.07. The van der Waals surface area contributed by atoms with Gasteiger partial charge in [-0.05, 0) is 31.7 Å². The van der Waals surface area contributed by atoms with Crippen molar-refractivity contribution in [1.82, 2.24) is 14.9 Å². The van der Waals surface area contributed by atoms with Crippen LogP contribution in [0, 0.1) is 5.92 Å². The van der Waals surface area contributed by atoms with E-state index in [-0.39, 0.29) is 5.78 Å². The fourth-order valence-corrected chi connectivity index (χ4v) is 1.93. The minimum Gasteiger partial charge on any atom is -0.335 e. The van der Waals surface area contributed by atoms with Crippen LogP contribution in [0.2, 0.25) is 0 Å². The van der Waals surface area contributed by atoms with Crippen molar-refractivity contribution in [2.24, 2.45) is 5.92 Å². The molecule has 1 fully saturated rings. The Morgan fingerprint density at radius 1 is 1.59 bits per heavy atom. The van der Waals surface area contributed by atoms with Crippen LogP contribution < -0.4 is 5.32 Å². The molecule has 0 unspecified atom stereocenters. The van der Waals surface area contributed by atoms with Crippen LogP contribution in [0.15, 0.2) is 12.4 Å². The number of hydrogen-bond donors (Lipinski definition) is 1. The van der Waals surface area contributed by atoms with Crippen molar-refractivity contribution in [3.8, 4) is 0 Å². The number of nitrogens with zero attached hydrogens (tertiary/aromatic N) is 2. The fourth-order valence-electron chi connectivity index (χ4n) is 1.93. The molecule has 94 valence electrons. The van der Waals surface area contributed by atoms with E-state index in [0.29, 0.717) is 13.0 Å². The lowest BCUT2D eigenvalue weighted by Crippen LogP contribution is -2.26. The van der Waals surface area contributed by atoms with Crippen LogP contribution in [0.25, 0.3) is 0 Å². The molecular weight excluding hydrogens is 214 g/mol. The number of Topliss-reactive ketones (excluding diaryl/α,β-unsaturated/α-hetero) is 1. The number of aryl methyl sites for hydroxylation is 1. The van der Waals surface area contributed by atoms with Crippen molar-refractivity contribution in [2.45, 2.75) is 39.2 Å². The predicted octanol–water partition coefficient (Wildman–Crippen LogP) is 1.40. The lowest BCUT2D eigenvalue weighted by molar-refractivity contribution is -0.117. The molecule has 4 heteroatoms. The summed E-state index contributed by atoms with van der Waals surface area (Å²) in [5, 5.41) is 3.22. The highest BCUT2D eigenvalue weighted by Crippen LogP contribution is 2.27.